The van der Waals surface area contributed by atoms with Crippen LogP contribution in [0, 0.1) is 13.8 Å². The van der Waals surface area contributed by atoms with Gasteiger partial charge in [0.15, 0.2) is 0 Å². The number of likely N-dealkylation sites (tertiary alicyclic amines) is 1. The fourth-order valence-electron chi connectivity index (χ4n) is 3.81. The van der Waals surface area contributed by atoms with Gasteiger partial charge in [-0.25, -0.2) is 4.68 Å². The summed E-state index contributed by atoms with van der Waals surface area (Å²) >= 11 is 1.83. The lowest BCUT2D eigenvalue weighted by atomic mass is 10.1. The first kappa shape index (κ1) is 17.3. The Bertz CT molecular complexity index is 885. The highest BCUT2D eigenvalue weighted by atomic mass is 32.2. The summed E-state index contributed by atoms with van der Waals surface area (Å²) in [6.45, 7) is 4.66. The number of aryl methyl sites for hydroxylation is 3. The largest absolute Gasteiger partial charge is 0.361 e. The van der Waals surface area contributed by atoms with Gasteiger partial charge in [0.1, 0.15) is 11.3 Å². The second-order valence-electron chi connectivity index (χ2n) is 6.93. The molecule has 8 heteroatoms. The first-order valence-corrected chi connectivity index (χ1v) is 10.1. The van der Waals surface area contributed by atoms with E-state index in [1.807, 2.05) is 16.7 Å². The topological polar surface area (TPSA) is 81.2 Å². The zero-order valence-electron chi connectivity index (χ0n) is 15.0. The quantitative estimate of drug-likeness (QED) is 0.817. The van der Waals surface area contributed by atoms with E-state index >= 15 is 0 Å². The van der Waals surface area contributed by atoms with Crippen LogP contribution in [0.25, 0.3) is 0 Å². The van der Waals surface area contributed by atoms with Gasteiger partial charge in [-0.1, -0.05) is 5.16 Å². The van der Waals surface area contributed by atoms with Gasteiger partial charge in [-0.3, -0.25) is 9.59 Å². The highest BCUT2D eigenvalue weighted by Gasteiger charge is 2.33. The van der Waals surface area contributed by atoms with Gasteiger partial charge in [-0.15, -0.1) is 0 Å². The fraction of sp³-hybridized carbons (Fsp3) is 0.556. The summed E-state index contributed by atoms with van der Waals surface area (Å²) in [6.07, 6.45) is 2.69. The van der Waals surface area contributed by atoms with Crippen molar-refractivity contribution in [2.24, 2.45) is 0 Å². The van der Waals surface area contributed by atoms with Crippen molar-refractivity contribution in [1.82, 2.24) is 19.8 Å². The van der Waals surface area contributed by atoms with Gasteiger partial charge in [0.25, 0.3) is 11.5 Å². The number of hydrogen-bond donors (Lipinski definition) is 0. The zero-order valence-corrected chi connectivity index (χ0v) is 15.8. The third-order valence-corrected chi connectivity index (χ3v) is 6.18. The van der Waals surface area contributed by atoms with Crippen LogP contribution >= 0.6 is 11.8 Å². The van der Waals surface area contributed by atoms with Gasteiger partial charge < -0.3 is 9.42 Å². The number of aromatic nitrogens is 3. The number of fused-ring (bicyclic) bond motifs is 1. The Morgan fingerprint density at radius 1 is 1.42 bits per heavy atom. The molecule has 0 bridgehead atoms. The number of carbonyl (C=O) groups excluding carboxylic acids is 1. The summed E-state index contributed by atoms with van der Waals surface area (Å²) in [4.78, 5) is 27.3. The predicted molar refractivity (Wildman–Crippen MR) is 98.4 cm³/mol. The molecule has 0 aromatic carbocycles. The van der Waals surface area contributed by atoms with Crippen molar-refractivity contribution in [2.45, 2.75) is 51.4 Å². The van der Waals surface area contributed by atoms with E-state index in [4.69, 9.17) is 4.52 Å². The lowest BCUT2D eigenvalue weighted by Crippen LogP contribution is -2.41. The summed E-state index contributed by atoms with van der Waals surface area (Å²) in [5.41, 5.74) is 3.14. The first-order chi connectivity index (χ1) is 12.5. The minimum atomic E-state index is -0.0807. The van der Waals surface area contributed by atoms with Gasteiger partial charge in [0, 0.05) is 24.8 Å². The molecule has 138 valence electrons. The molecule has 0 N–H and O–H groups in total. The molecule has 1 atom stereocenters. The lowest BCUT2D eigenvalue weighted by Gasteiger charge is -2.25. The normalized spacial score (nSPS) is 19.6. The molecule has 1 amide bonds. The Morgan fingerprint density at radius 3 is 3.04 bits per heavy atom. The summed E-state index contributed by atoms with van der Waals surface area (Å²) < 4.78 is 6.68. The van der Waals surface area contributed by atoms with Crippen molar-refractivity contribution in [3.8, 4) is 0 Å². The Hall–Kier alpha value is -2.09. The Morgan fingerprint density at radius 2 is 2.27 bits per heavy atom. The molecule has 1 fully saturated rings. The molecule has 4 heterocycles. The average Bonchev–Trinajstić information content (AvgIpc) is 3.21. The third-order valence-electron chi connectivity index (χ3n) is 5.17. The number of carbonyl (C=O) groups is 1. The van der Waals surface area contributed by atoms with Crippen LogP contribution in [-0.2, 0) is 18.7 Å². The molecule has 7 nitrogen and oxygen atoms in total. The standard InChI is InChI=1S/C18H22N4O3S/c1-11-17(12(2)25-20-11)18(24)21-6-3-4-14(21)9-22-16(23)8-13-10-26-7-5-15(13)19-22/h8,14H,3-7,9-10H2,1-2H3. The number of amides is 1. The van der Waals surface area contributed by atoms with Crippen LogP contribution in [-0.4, -0.2) is 44.1 Å². The van der Waals surface area contributed by atoms with E-state index in [-0.39, 0.29) is 17.5 Å². The minimum absolute atomic E-state index is 0.0302. The molecular formula is C18H22N4O3S. The smallest absolute Gasteiger partial charge is 0.267 e. The Kier molecular flexibility index (Phi) is 4.60. The molecule has 0 saturated carbocycles. The SMILES string of the molecule is Cc1noc(C)c1C(=O)N1CCCC1Cn1nc2c(cc1=O)CSCC2. The van der Waals surface area contributed by atoms with Crippen molar-refractivity contribution >= 4 is 17.7 Å². The van der Waals surface area contributed by atoms with Crippen molar-refractivity contribution in [2.75, 3.05) is 12.3 Å². The lowest BCUT2D eigenvalue weighted by molar-refractivity contribution is 0.0718. The number of rotatable bonds is 3. The van der Waals surface area contributed by atoms with Crippen LogP contribution in [0.15, 0.2) is 15.4 Å². The van der Waals surface area contributed by atoms with Crippen molar-refractivity contribution in [3.63, 3.8) is 0 Å². The third kappa shape index (κ3) is 3.06. The van der Waals surface area contributed by atoms with E-state index in [9.17, 15) is 9.59 Å². The molecule has 0 aliphatic carbocycles. The fourth-order valence-corrected chi connectivity index (χ4v) is 4.76. The maximum Gasteiger partial charge on any atom is 0.267 e. The van der Waals surface area contributed by atoms with Crippen LogP contribution in [0.3, 0.4) is 0 Å². The Labute approximate surface area is 155 Å². The van der Waals surface area contributed by atoms with E-state index in [1.54, 1.807) is 24.6 Å². The molecule has 4 rings (SSSR count). The average molecular weight is 374 g/mol. The molecule has 2 aromatic heterocycles. The molecular weight excluding hydrogens is 352 g/mol. The number of hydrogen-bond acceptors (Lipinski definition) is 6. The van der Waals surface area contributed by atoms with E-state index in [2.05, 4.69) is 10.3 Å². The van der Waals surface area contributed by atoms with Crippen LogP contribution in [0.4, 0.5) is 0 Å². The maximum absolute atomic E-state index is 13.0. The molecule has 2 aliphatic heterocycles. The molecule has 2 aliphatic rings. The van der Waals surface area contributed by atoms with Gasteiger partial charge in [-0.2, -0.15) is 16.9 Å². The Balaban J connectivity index is 1.58. The second kappa shape index (κ2) is 6.90. The van der Waals surface area contributed by atoms with Crippen molar-refractivity contribution in [3.05, 3.63) is 44.7 Å². The van der Waals surface area contributed by atoms with E-state index in [1.165, 1.54) is 0 Å². The maximum atomic E-state index is 13.0. The van der Waals surface area contributed by atoms with Crippen LogP contribution < -0.4 is 5.56 Å². The van der Waals surface area contributed by atoms with E-state index in [0.29, 0.717) is 30.1 Å². The minimum Gasteiger partial charge on any atom is -0.361 e. The molecule has 1 unspecified atom stereocenters. The predicted octanol–water partition coefficient (Wildman–Crippen LogP) is 1.94. The molecule has 2 aromatic rings. The van der Waals surface area contributed by atoms with Gasteiger partial charge in [0.05, 0.1) is 24.0 Å². The van der Waals surface area contributed by atoms with E-state index in [0.717, 1.165) is 42.0 Å². The monoisotopic (exact) mass is 374 g/mol. The molecule has 0 spiro atoms. The number of nitrogens with zero attached hydrogens (tertiary/aromatic N) is 4. The summed E-state index contributed by atoms with van der Waals surface area (Å²) in [7, 11) is 0. The van der Waals surface area contributed by atoms with Crippen molar-refractivity contribution < 1.29 is 9.32 Å². The van der Waals surface area contributed by atoms with Crippen LogP contribution in [0.2, 0.25) is 0 Å². The molecule has 1 saturated heterocycles. The van der Waals surface area contributed by atoms with Crippen LogP contribution in [0.5, 0.6) is 0 Å². The van der Waals surface area contributed by atoms with Crippen LogP contribution in [0.1, 0.15) is 45.9 Å². The molecule has 0 radical (unpaired) electrons. The zero-order chi connectivity index (χ0) is 18.3. The summed E-state index contributed by atoms with van der Waals surface area (Å²) in [6, 6.07) is 1.68. The van der Waals surface area contributed by atoms with Gasteiger partial charge >= 0.3 is 0 Å². The van der Waals surface area contributed by atoms with Gasteiger partial charge in [-0.05, 0) is 38.0 Å². The second-order valence-corrected chi connectivity index (χ2v) is 8.04. The highest BCUT2D eigenvalue weighted by molar-refractivity contribution is 7.98. The molecule has 26 heavy (non-hydrogen) atoms. The van der Waals surface area contributed by atoms with E-state index < -0.39 is 0 Å². The first-order valence-electron chi connectivity index (χ1n) is 8.96. The summed E-state index contributed by atoms with van der Waals surface area (Å²) in [5.74, 6) is 2.38. The van der Waals surface area contributed by atoms with Gasteiger partial charge in [0.2, 0.25) is 0 Å². The number of thioether (sulfide) groups is 1. The highest BCUT2D eigenvalue weighted by Crippen LogP contribution is 2.25. The summed E-state index contributed by atoms with van der Waals surface area (Å²) in [5, 5.41) is 8.48. The van der Waals surface area contributed by atoms with Crippen molar-refractivity contribution in [1.29, 1.82) is 0 Å².